The standard InChI is InChI=1S/C9H11FN2/c1-7(11)2-4-9-5-3-8(10)6-12-9/h2-7H,11H2,1H3/b4-2+. The largest absolute Gasteiger partial charge is 0.325 e. The number of rotatable bonds is 2. The third-order valence-corrected chi connectivity index (χ3v) is 1.32. The van der Waals surface area contributed by atoms with E-state index >= 15 is 0 Å². The molecule has 0 amide bonds. The van der Waals surface area contributed by atoms with Crippen LogP contribution in [0.25, 0.3) is 6.08 Å². The van der Waals surface area contributed by atoms with Crippen molar-refractivity contribution in [3.05, 3.63) is 35.9 Å². The van der Waals surface area contributed by atoms with Crippen LogP contribution < -0.4 is 5.73 Å². The first-order chi connectivity index (χ1) is 5.68. The van der Waals surface area contributed by atoms with E-state index in [2.05, 4.69) is 4.98 Å². The van der Waals surface area contributed by atoms with E-state index in [0.29, 0.717) is 5.69 Å². The van der Waals surface area contributed by atoms with Gasteiger partial charge in [-0.3, -0.25) is 4.98 Å². The van der Waals surface area contributed by atoms with Crippen molar-refractivity contribution in [3.8, 4) is 0 Å². The molecule has 0 aliphatic rings. The van der Waals surface area contributed by atoms with Crippen molar-refractivity contribution in [2.75, 3.05) is 0 Å². The van der Waals surface area contributed by atoms with E-state index in [1.165, 1.54) is 12.3 Å². The van der Waals surface area contributed by atoms with Gasteiger partial charge < -0.3 is 5.73 Å². The maximum Gasteiger partial charge on any atom is 0.141 e. The molecule has 0 saturated heterocycles. The van der Waals surface area contributed by atoms with Gasteiger partial charge in [-0.05, 0) is 25.1 Å². The minimum atomic E-state index is -0.326. The molecular formula is C9H11FN2. The lowest BCUT2D eigenvalue weighted by Crippen LogP contribution is -2.09. The summed E-state index contributed by atoms with van der Waals surface area (Å²) in [6.07, 6.45) is 4.76. The molecule has 64 valence electrons. The van der Waals surface area contributed by atoms with Crippen molar-refractivity contribution in [3.63, 3.8) is 0 Å². The molecule has 1 aromatic heterocycles. The molecule has 0 radical (unpaired) electrons. The zero-order valence-electron chi connectivity index (χ0n) is 6.87. The molecule has 0 bridgehead atoms. The Kier molecular flexibility index (Phi) is 2.94. The van der Waals surface area contributed by atoms with Crippen LogP contribution in [0.3, 0.4) is 0 Å². The second kappa shape index (κ2) is 3.97. The van der Waals surface area contributed by atoms with Crippen molar-refractivity contribution in [1.82, 2.24) is 4.98 Å². The fraction of sp³-hybridized carbons (Fsp3) is 0.222. The van der Waals surface area contributed by atoms with E-state index < -0.39 is 0 Å². The highest BCUT2D eigenvalue weighted by molar-refractivity contribution is 5.44. The van der Waals surface area contributed by atoms with Gasteiger partial charge in [0.1, 0.15) is 5.82 Å². The molecule has 1 atom stereocenters. The highest BCUT2D eigenvalue weighted by Gasteiger charge is 1.90. The molecule has 1 heterocycles. The minimum absolute atomic E-state index is 0.00291. The van der Waals surface area contributed by atoms with Crippen LogP contribution in [-0.2, 0) is 0 Å². The van der Waals surface area contributed by atoms with Crippen molar-refractivity contribution in [1.29, 1.82) is 0 Å². The molecule has 3 heteroatoms. The molecule has 2 nitrogen and oxygen atoms in total. The van der Waals surface area contributed by atoms with Gasteiger partial charge in [0, 0.05) is 6.04 Å². The number of hydrogen-bond donors (Lipinski definition) is 1. The summed E-state index contributed by atoms with van der Waals surface area (Å²) in [6, 6.07) is 2.97. The van der Waals surface area contributed by atoms with Gasteiger partial charge in [0.2, 0.25) is 0 Å². The summed E-state index contributed by atoms with van der Waals surface area (Å²) in [5.74, 6) is -0.326. The third-order valence-electron chi connectivity index (χ3n) is 1.32. The molecule has 0 aliphatic carbocycles. The second-order valence-corrected chi connectivity index (χ2v) is 2.62. The van der Waals surface area contributed by atoms with E-state index in [-0.39, 0.29) is 11.9 Å². The summed E-state index contributed by atoms with van der Waals surface area (Å²) in [6.45, 7) is 1.86. The van der Waals surface area contributed by atoms with Crippen LogP contribution in [0.4, 0.5) is 4.39 Å². The molecule has 0 spiro atoms. The van der Waals surface area contributed by atoms with Gasteiger partial charge in [0.15, 0.2) is 0 Å². The maximum atomic E-state index is 12.4. The first kappa shape index (κ1) is 8.87. The van der Waals surface area contributed by atoms with Gasteiger partial charge in [0.25, 0.3) is 0 Å². The van der Waals surface area contributed by atoms with Crippen molar-refractivity contribution in [2.24, 2.45) is 5.73 Å². The van der Waals surface area contributed by atoms with Gasteiger partial charge in [-0.2, -0.15) is 0 Å². The van der Waals surface area contributed by atoms with E-state index in [1.807, 2.05) is 6.92 Å². The molecular weight excluding hydrogens is 155 g/mol. The first-order valence-electron chi connectivity index (χ1n) is 3.74. The lowest BCUT2D eigenvalue weighted by molar-refractivity contribution is 0.621. The number of hydrogen-bond acceptors (Lipinski definition) is 2. The molecule has 1 unspecified atom stereocenters. The maximum absolute atomic E-state index is 12.4. The minimum Gasteiger partial charge on any atom is -0.325 e. The Morgan fingerprint density at radius 3 is 2.83 bits per heavy atom. The van der Waals surface area contributed by atoms with Crippen LogP contribution in [0, 0.1) is 5.82 Å². The summed E-state index contributed by atoms with van der Waals surface area (Å²) in [4.78, 5) is 3.83. The Labute approximate surface area is 70.9 Å². The first-order valence-corrected chi connectivity index (χ1v) is 3.74. The van der Waals surface area contributed by atoms with E-state index in [1.54, 1.807) is 18.2 Å². The van der Waals surface area contributed by atoms with Crippen molar-refractivity contribution >= 4 is 6.08 Å². The average Bonchev–Trinajstić information content (AvgIpc) is 2.03. The lowest BCUT2D eigenvalue weighted by atomic mass is 10.2. The van der Waals surface area contributed by atoms with Gasteiger partial charge in [-0.1, -0.05) is 6.08 Å². The van der Waals surface area contributed by atoms with Crippen LogP contribution in [0.1, 0.15) is 12.6 Å². The zero-order valence-corrected chi connectivity index (χ0v) is 6.87. The summed E-state index contributed by atoms with van der Waals surface area (Å²) in [7, 11) is 0. The normalized spacial score (nSPS) is 13.6. The van der Waals surface area contributed by atoms with Gasteiger partial charge >= 0.3 is 0 Å². The summed E-state index contributed by atoms with van der Waals surface area (Å²) in [5, 5.41) is 0. The molecule has 0 saturated carbocycles. The average molecular weight is 166 g/mol. The van der Waals surface area contributed by atoms with Crippen molar-refractivity contribution < 1.29 is 4.39 Å². The van der Waals surface area contributed by atoms with Crippen LogP contribution in [0.15, 0.2) is 24.4 Å². The molecule has 0 aliphatic heterocycles. The number of pyridine rings is 1. The fourth-order valence-corrected chi connectivity index (χ4v) is 0.736. The Morgan fingerprint density at radius 1 is 1.58 bits per heavy atom. The molecule has 0 aromatic carbocycles. The summed E-state index contributed by atoms with van der Waals surface area (Å²) >= 11 is 0. The number of aromatic nitrogens is 1. The monoisotopic (exact) mass is 166 g/mol. The second-order valence-electron chi connectivity index (χ2n) is 2.62. The number of nitrogens with zero attached hydrogens (tertiary/aromatic N) is 1. The van der Waals surface area contributed by atoms with E-state index in [0.717, 1.165) is 0 Å². The van der Waals surface area contributed by atoms with Crippen LogP contribution in [0.5, 0.6) is 0 Å². The van der Waals surface area contributed by atoms with E-state index in [9.17, 15) is 4.39 Å². The third kappa shape index (κ3) is 2.80. The van der Waals surface area contributed by atoms with Gasteiger partial charge in [-0.25, -0.2) is 4.39 Å². The predicted octanol–water partition coefficient (Wildman–Crippen LogP) is 1.58. The summed E-state index contributed by atoms with van der Waals surface area (Å²) < 4.78 is 12.4. The highest BCUT2D eigenvalue weighted by atomic mass is 19.1. The molecule has 1 aromatic rings. The zero-order chi connectivity index (χ0) is 8.97. The van der Waals surface area contributed by atoms with E-state index in [4.69, 9.17) is 5.73 Å². The fourth-order valence-electron chi connectivity index (χ4n) is 0.736. The number of halogens is 1. The van der Waals surface area contributed by atoms with Crippen LogP contribution in [-0.4, -0.2) is 11.0 Å². The van der Waals surface area contributed by atoms with Crippen LogP contribution in [0.2, 0.25) is 0 Å². The predicted molar refractivity (Wildman–Crippen MR) is 46.9 cm³/mol. The number of nitrogens with two attached hydrogens (primary N) is 1. The molecule has 1 rings (SSSR count). The Hall–Kier alpha value is -1.22. The Balaban J connectivity index is 2.71. The Morgan fingerprint density at radius 2 is 2.33 bits per heavy atom. The van der Waals surface area contributed by atoms with Crippen LogP contribution >= 0.6 is 0 Å². The highest BCUT2D eigenvalue weighted by Crippen LogP contribution is 2.00. The molecule has 12 heavy (non-hydrogen) atoms. The molecule has 0 fully saturated rings. The Bertz CT molecular complexity index is 264. The van der Waals surface area contributed by atoms with Gasteiger partial charge in [-0.15, -0.1) is 0 Å². The van der Waals surface area contributed by atoms with Crippen molar-refractivity contribution in [2.45, 2.75) is 13.0 Å². The smallest absolute Gasteiger partial charge is 0.141 e. The quantitative estimate of drug-likeness (QED) is 0.724. The van der Waals surface area contributed by atoms with Gasteiger partial charge in [0.05, 0.1) is 11.9 Å². The lowest BCUT2D eigenvalue weighted by Gasteiger charge is -1.94. The topological polar surface area (TPSA) is 38.9 Å². The summed E-state index contributed by atoms with van der Waals surface area (Å²) in [5.41, 5.74) is 6.20. The SMILES string of the molecule is CC(N)/C=C/c1ccc(F)cn1. The molecule has 2 N–H and O–H groups in total.